The first-order chi connectivity index (χ1) is 8.31. The highest BCUT2D eigenvalue weighted by Gasteiger charge is 2.30. The number of nitrogens with zero attached hydrogens (tertiary/aromatic N) is 4. The zero-order valence-electron chi connectivity index (χ0n) is 9.15. The number of rotatable bonds is 2. The van der Waals surface area contributed by atoms with Gasteiger partial charge in [0.05, 0.1) is 32.2 Å². The largest absolute Gasteiger partial charge is 0.396 e. The summed E-state index contributed by atoms with van der Waals surface area (Å²) >= 11 is 0. The van der Waals surface area contributed by atoms with Gasteiger partial charge in [0.25, 0.3) is 0 Å². The lowest BCUT2D eigenvalue weighted by atomic mass is 10.1. The zero-order chi connectivity index (χ0) is 11.8. The lowest BCUT2D eigenvalue weighted by molar-refractivity contribution is 0.160. The van der Waals surface area contributed by atoms with Crippen LogP contribution in [0.5, 0.6) is 0 Å². The second-order valence-corrected chi connectivity index (χ2v) is 4.13. The topological polar surface area (TPSA) is 99.1 Å². The van der Waals surface area contributed by atoms with Crippen molar-refractivity contribution in [2.45, 2.75) is 6.04 Å². The van der Waals surface area contributed by atoms with Crippen LogP contribution in [0, 0.1) is 5.92 Å². The first-order valence-corrected chi connectivity index (χ1v) is 5.43. The molecule has 1 saturated heterocycles. The molecule has 17 heavy (non-hydrogen) atoms. The Labute approximate surface area is 97.3 Å². The minimum absolute atomic E-state index is 0.0549. The van der Waals surface area contributed by atoms with Crippen LogP contribution < -0.4 is 5.73 Å². The molecule has 1 fully saturated rings. The van der Waals surface area contributed by atoms with Crippen molar-refractivity contribution in [2.24, 2.45) is 5.92 Å². The fraction of sp³-hybridized carbons (Fsp3) is 0.500. The number of aromatic nitrogens is 4. The van der Waals surface area contributed by atoms with Crippen LogP contribution in [0.3, 0.4) is 0 Å². The van der Waals surface area contributed by atoms with Crippen molar-refractivity contribution in [3.8, 4) is 0 Å². The number of aliphatic hydroxyl groups is 1. The number of nitrogen functional groups attached to an aromatic ring is 1. The molecule has 3 rings (SSSR count). The summed E-state index contributed by atoms with van der Waals surface area (Å²) < 4.78 is 7.28. The van der Waals surface area contributed by atoms with Crippen LogP contribution in [0.1, 0.15) is 6.04 Å². The summed E-state index contributed by atoms with van der Waals surface area (Å²) in [6.07, 6.45) is 3.09. The number of hydrogen-bond acceptors (Lipinski definition) is 6. The van der Waals surface area contributed by atoms with E-state index >= 15 is 0 Å². The van der Waals surface area contributed by atoms with Gasteiger partial charge >= 0.3 is 0 Å². The maximum Gasteiger partial charge on any atom is 0.165 e. The Kier molecular flexibility index (Phi) is 2.41. The fourth-order valence-electron chi connectivity index (χ4n) is 2.18. The van der Waals surface area contributed by atoms with Crippen LogP contribution in [0.4, 0.5) is 5.82 Å². The van der Waals surface area contributed by atoms with Gasteiger partial charge in [-0.15, -0.1) is 0 Å². The average molecular weight is 235 g/mol. The summed E-state index contributed by atoms with van der Waals surface area (Å²) in [7, 11) is 0. The number of fused-ring (bicyclic) bond motifs is 1. The Morgan fingerprint density at radius 3 is 3.12 bits per heavy atom. The van der Waals surface area contributed by atoms with E-state index in [0.717, 1.165) is 0 Å². The van der Waals surface area contributed by atoms with Crippen molar-refractivity contribution in [3.63, 3.8) is 0 Å². The van der Waals surface area contributed by atoms with Gasteiger partial charge in [-0.2, -0.15) is 0 Å². The summed E-state index contributed by atoms with van der Waals surface area (Å²) in [6, 6.07) is 0.0549. The molecule has 2 aromatic rings. The van der Waals surface area contributed by atoms with Crippen molar-refractivity contribution in [1.82, 2.24) is 19.5 Å². The van der Waals surface area contributed by atoms with E-state index in [-0.39, 0.29) is 18.6 Å². The van der Waals surface area contributed by atoms with Gasteiger partial charge < -0.3 is 20.1 Å². The Hall–Kier alpha value is -1.73. The quantitative estimate of drug-likeness (QED) is 0.734. The number of imidazole rings is 1. The molecule has 0 aliphatic carbocycles. The molecule has 3 heterocycles. The van der Waals surface area contributed by atoms with Gasteiger partial charge in [-0.25, -0.2) is 15.0 Å². The minimum atomic E-state index is 0.0549. The van der Waals surface area contributed by atoms with Gasteiger partial charge in [0, 0.05) is 5.92 Å². The van der Waals surface area contributed by atoms with Gasteiger partial charge in [0.15, 0.2) is 11.5 Å². The van der Waals surface area contributed by atoms with Crippen LogP contribution in [0.25, 0.3) is 11.2 Å². The third-order valence-corrected chi connectivity index (χ3v) is 3.14. The molecule has 3 N–H and O–H groups in total. The van der Waals surface area contributed by atoms with Gasteiger partial charge in [0.1, 0.15) is 11.8 Å². The van der Waals surface area contributed by atoms with Gasteiger partial charge in [0.2, 0.25) is 0 Å². The molecule has 7 heteroatoms. The molecule has 0 spiro atoms. The summed E-state index contributed by atoms with van der Waals surface area (Å²) in [4.78, 5) is 12.3. The van der Waals surface area contributed by atoms with Crippen molar-refractivity contribution in [2.75, 3.05) is 25.6 Å². The smallest absolute Gasteiger partial charge is 0.165 e. The van der Waals surface area contributed by atoms with Crippen LogP contribution in [-0.2, 0) is 4.74 Å². The second-order valence-electron chi connectivity index (χ2n) is 4.13. The molecule has 0 saturated carbocycles. The van der Waals surface area contributed by atoms with E-state index in [1.165, 1.54) is 6.33 Å². The molecule has 0 unspecified atom stereocenters. The maximum atomic E-state index is 9.29. The van der Waals surface area contributed by atoms with E-state index in [9.17, 15) is 5.11 Å². The summed E-state index contributed by atoms with van der Waals surface area (Å²) in [6.45, 7) is 1.20. The van der Waals surface area contributed by atoms with Crippen LogP contribution in [0.15, 0.2) is 12.7 Å². The molecule has 1 aliphatic rings. The molecule has 0 bridgehead atoms. The summed E-state index contributed by atoms with van der Waals surface area (Å²) in [5, 5.41) is 9.29. The number of aliphatic hydroxyl groups excluding tert-OH is 1. The standard InChI is InChI=1S/C10H13N5O2/c11-9-8-10(13-4-12-9)15(5-14-8)7-3-17-2-6(7)1-16/h4-7,16H,1-3H2,(H2,11,12,13)/t6-,7+/m1/s1. The number of ether oxygens (including phenoxy) is 1. The molecule has 1 aliphatic heterocycles. The third kappa shape index (κ3) is 1.55. The first-order valence-electron chi connectivity index (χ1n) is 5.43. The fourth-order valence-corrected chi connectivity index (χ4v) is 2.18. The number of hydrogen-bond donors (Lipinski definition) is 2. The van der Waals surface area contributed by atoms with E-state index in [1.807, 2.05) is 4.57 Å². The van der Waals surface area contributed by atoms with Crippen molar-refractivity contribution in [1.29, 1.82) is 0 Å². The van der Waals surface area contributed by atoms with E-state index < -0.39 is 0 Å². The Bertz CT molecular complexity index is 540. The monoisotopic (exact) mass is 235 g/mol. The highest BCUT2D eigenvalue weighted by molar-refractivity contribution is 5.81. The highest BCUT2D eigenvalue weighted by Crippen LogP contribution is 2.28. The van der Waals surface area contributed by atoms with E-state index in [2.05, 4.69) is 15.0 Å². The minimum Gasteiger partial charge on any atom is -0.396 e. The summed E-state index contributed by atoms with van der Waals surface area (Å²) in [5.74, 6) is 0.441. The normalized spacial score (nSPS) is 24.5. The Morgan fingerprint density at radius 2 is 2.29 bits per heavy atom. The van der Waals surface area contributed by atoms with Crippen molar-refractivity contribution < 1.29 is 9.84 Å². The Morgan fingerprint density at radius 1 is 1.41 bits per heavy atom. The molecule has 0 aromatic carbocycles. The molecule has 0 amide bonds. The molecule has 7 nitrogen and oxygen atoms in total. The maximum absolute atomic E-state index is 9.29. The lowest BCUT2D eigenvalue weighted by Gasteiger charge is -2.16. The molecular formula is C10H13N5O2. The average Bonchev–Trinajstić information content (AvgIpc) is 2.94. The van der Waals surface area contributed by atoms with E-state index in [1.54, 1.807) is 6.33 Å². The van der Waals surface area contributed by atoms with Crippen LogP contribution in [-0.4, -0.2) is 44.4 Å². The molecule has 2 aromatic heterocycles. The van der Waals surface area contributed by atoms with E-state index in [0.29, 0.717) is 30.2 Å². The van der Waals surface area contributed by atoms with Crippen LogP contribution in [0.2, 0.25) is 0 Å². The zero-order valence-corrected chi connectivity index (χ0v) is 9.15. The van der Waals surface area contributed by atoms with Crippen LogP contribution >= 0.6 is 0 Å². The Balaban J connectivity index is 2.09. The molecule has 90 valence electrons. The van der Waals surface area contributed by atoms with Gasteiger partial charge in [-0.1, -0.05) is 0 Å². The van der Waals surface area contributed by atoms with Gasteiger partial charge in [-0.05, 0) is 0 Å². The molecular weight excluding hydrogens is 222 g/mol. The highest BCUT2D eigenvalue weighted by atomic mass is 16.5. The molecule has 2 atom stereocenters. The SMILES string of the molecule is Nc1ncnc2c1ncn2[C@H]1COC[C@H]1CO. The van der Waals surface area contributed by atoms with Crippen molar-refractivity contribution in [3.05, 3.63) is 12.7 Å². The second kappa shape index (κ2) is 3.94. The molecule has 0 radical (unpaired) electrons. The number of nitrogens with two attached hydrogens (primary N) is 1. The summed E-state index contributed by atoms with van der Waals surface area (Å²) in [5.41, 5.74) is 7.01. The van der Waals surface area contributed by atoms with Crippen molar-refractivity contribution >= 4 is 17.0 Å². The third-order valence-electron chi connectivity index (χ3n) is 3.14. The first kappa shape index (κ1) is 10.4. The predicted molar refractivity (Wildman–Crippen MR) is 60.2 cm³/mol. The van der Waals surface area contributed by atoms with Gasteiger partial charge in [-0.3, -0.25) is 0 Å². The lowest BCUT2D eigenvalue weighted by Crippen LogP contribution is -2.20. The predicted octanol–water partition coefficient (Wildman–Crippen LogP) is -0.412. The number of anilines is 1. The van der Waals surface area contributed by atoms with E-state index in [4.69, 9.17) is 10.5 Å².